The highest BCUT2D eigenvalue weighted by Gasteiger charge is 2.26. The van der Waals surface area contributed by atoms with Crippen LogP contribution in [0.25, 0.3) is 0 Å². The molecule has 108 valence electrons. The number of carbonyl (C=O) groups excluding carboxylic acids is 1. The first-order valence-corrected chi connectivity index (χ1v) is 7.08. The van der Waals surface area contributed by atoms with E-state index in [0.29, 0.717) is 5.57 Å². The standard InChI is InChI=1S/C16H22N2O2/c1-2-15(16(19)20-17)14-9-6-10-18(12-14)11-13-7-4-3-5-8-13/h2-5,7-8,14H,6,9-12,17H2,1H3/b15-2+. The van der Waals surface area contributed by atoms with Crippen molar-refractivity contribution in [1.82, 2.24) is 4.90 Å². The SMILES string of the molecule is C/C=C(/C(=O)ON)C1CCCN(Cc2ccccc2)C1. The van der Waals surface area contributed by atoms with E-state index in [1.165, 1.54) is 5.56 Å². The van der Waals surface area contributed by atoms with E-state index < -0.39 is 5.97 Å². The van der Waals surface area contributed by atoms with Crippen LogP contribution in [-0.4, -0.2) is 24.0 Å². The zero-order valence-corrected chi connectivity index (χ0v) is 11.9. The van der Waals surface area contributed by atoms with Crippen molar-refractivity contribution in [2.45, 2.75) is 26.3 Å². The van der Waals surface area contributed by atoms with Crippen molar-refractivity contribution < 1.29 is 9.63 Å². The first kappa shape index (κ1) is 14.8. The summed E-state index contributed by atoms with van der Waals surface area (Å²) >= 11 is 0. The molecule has 4 nitrogen and oxygen atoms in total. The summed E-state index contributed by atoms with van der Waals surface area (Å²) in [6.07, 6.45) is 3.93. The molecule has 1 heterocycles. The fourth-order valence-corrected chi connectivity index (χ4v) is 2.88. The number of rotatable bonds is 4. The number of carbonyl (C=O) groups is 1. The predicted octanol–water partition coefficient (Wildman–Crippen LogP) is 2.26. The maximum absolute atomic E-state index is 11.7. The second-order valence-electron chi connectivity index (χ2n) is 5.21. The van der Waals surface area contributed by atoms with Gasteiger partial charge in [0, 0.05) is 24.6 Å². The van der Waals surface area contributed by atoms with Gasteiger partial charge in [-0.3, -0.25) is 4.90 Å². The number of hydrogen-bond donors (Lipinski definition) is 1. The van der Waals surface area contributed by atoms with E-state index >= 15 is 0 Å². The van der Waals surface area contributed by atoms with Crippen LogP contribution in [-0.2, 0) is 16.2 Å². The van der Waals surface area contributed by atoms with E-state index in [-0.39, 0.29) is 5.92 Å². The van der Waals surface area contributed by atoms with Crippen molar-refractivity contribution >= 4 is 5.97 Å². The Balaban J connectivity index is 2.00. The van der Waals surface area contributed by atoms with E-state index in [1.54, 1.807) is 0 Å². The summed E-state index contributed by atoms with van der Waals surface area (Å²) in [4.78, 5) is 18.4. The van der Waals surface area contributed by atoms with Gasteiger partial charge in [0.25, 0.3) is 0 Å². The Bertz CT molecular complexity index is 471. The lowest BCUT2D eigenvalue weighted by molar-refractivity contribution is -0.140. The second kappa shape index (κ2) is 7.22. The summed E-state index contributed by atoms with van der Waals surface area (Å²) in [7, 11) is 0. The number of likely N-dealkylation sites (tertiary alicyclic amines) is 1. The Morgan fingerprint density at radius 1 is 1.45 bits per heavy atom. The maximum atomic E-state index is 11.7. The highest BCUT2D eigenvalue weighted by Crippen LogP contribution is 2.25. The third kappa shape index (κ3) is 3.68. The molecule has 1 fully saturated rings. The molecule has 0 spiro atoms. The molecule has 0 aliphatic carbocycles. The first-order chi connectivity index (χ1) is 9.74. The van der Waals surface area contributed by atoms with Gasteiger partial charge in [-0.1, -0.05) is 36.4 Å². The molecule has 1 aromatic carbocycles. The molecule has 0 radical (unpaired) electrons. The van der Waals surface area contributed by atoms with Gasteiger partial charge in [-0.05, 0) is 31.9 Å². The lowest BCUT2D eigenvalue weighted by Crippen LogP contribution is -2.37. The Kier molecular flexibility index (Phi) is 5.32. The fraction of sp³-hybridized carbons (Fsp3) is 0.438. The molecule has 0 saturated carbocycles. The van der Waals surface area contributed by atoms with Crippen LogP contribution in [0.5, 0.6) is 0 Å². The highest BCUT2D eigenvalue weighted by atomic mass is 16.7. The normalized spacial score (nSPS) is 20.7. The van der Waals surface area contributed by atoms with E-state index in [1.807, 2.05) is 19.1 Å². The van der Waals surface area contributed by atoms with Gasteiger partial charge in [-0.15, -0.1) is 0 Å². The molecule has 1 aromatic rings. The monoisotopic (exact) mass is 274 g/mol. The van der Waals surface area contributed by atoms with Gasteiger partial charge >= 0.3 is 5.97 Å². The number of allylic oxidation sites excluding steroid dienone is 1. The van der Waals surface area contributed by atoms with Crippen LogP contribution in [0.2, 0.25) is 0 Å². The van der Waals surface area contributed by atoms with Crippen LogP contribution in [0.1, 0.15) is 25.3 Å². The third-order valence-corrected chi connectivity index (χ3v) is 3.85. The number of hydrogen-bond acceptors (Lipinski definition) is 4. The number of benzene rings is 1. The average molecular weight is 274 g/mol. The Labute approximate surface area is 120 Å². The van der Waals surface area contributed by atoms with E-state index in [4.69, 9.17) is 5.90 Å². The quantitative estimate of drug-likeness (QED) is 0.676. The minimum atomic E-state index is -0.404. The van der Waals surface area contributed by atoms with Crippen LogP contribution in [0.15, 0.2) is 42.0 Å². The van der Waals surface area contributed by atoms with E-state index in [9.17, 15) is 4.79 Å². The molecule has 1 saturated heterocycles. The molecule has 0 aromatic heterocycles. The van der Waals surface area contributed by atoms with Crippen molar-refractivity contribution in [3.05, 3.63) is 47.5 Å². The fourth-order valence-electron chi connectivity index (χ4n) is 2.88. The van der Waals surface area contributed by atoms with Gasteiger partial charge in [0.05, 0.1) is 0 Å². The van der Waals surface area contributed by atoms with Gasteiger partial charge in [0.15, 0.2) is 0 Å². The van der Waals surface area contributed by atoms with Gasteiger partial charge in [-0.25, -0.2) is 4.79 Å². The third-order valence-electron chi connectivity index (χ3n) is 3.85. The average Bonchev–Trinajstić information content (AvgIpc) is 2.49. The molecular weight excluding hydrogens is 252 g/mol. The highest BCUT2D eigenvalue weighted by molar-refractivity contribution is 5.88. The molecule has 2 N–H and O–H groups in total. The molecule has 1 atom stereocenters. The van der Waals surface area contributed by atoms with Crippen molar-refractivity contribution in [2.24, 2.45) is 11.8 Å². The molecule has 1 aliphatic rings. The van der Waals surface area contributed by atoms with Crippen molar-refractivity contribution in [1.29, 1.82) is 0 Å². The maximum Gasteiger partial charge on any atom is 0.352 e. The zero-order chi connectivity index (χ0) is 14.4. The molecule has 20 heavy (non-hydrogen) atoms. The summed E-state index contributed by atoms with van der Waals surface area (Å²) in [5.41, 5.74) is 2.00. The second-order valence-corrected chi connectivity index (χ2v) is 5.21. The van der Waals surface area contributed by atoms with Crippen molar-refractivity contribution in [2.75, 3.05) is 13.1 Å². The van der Waals surface area contributed by atoms with E-state index in [0.717, 1.165) is 32.5 Å². The lowest BCUT2D eigenvalue weighted by atomic mass is 9.90. The summed E-state index contributed by atoms with van der Waals surface area (Å²) < 4.78 is 0. The van der Waals surface area contributed by atoms with Crippen molar-refractivity contribution in [3.8, 4) is 0 Å². The topological polar surface area (TPSA) is 55.6 Å². The Morgan fingerprint density at radius 3 is 2.85 bits per heavy atom. The van der Waals surface area contributed by atoms with Gasteiger partial charge in [0.2, 0.25) is 0 Å². The molecular formula is C16H22N2O2. The summed E-state index contributed by atoms with van der Waals surface area (Å²) in [6.45, 7) is 4.73. The zero-order valence-electron chi connectivity index (χ0n) is 11.9. The number of nitrogens with two attached hydrogens (primary N) is 1. The summed E-state index contributed by atoms with van der Waals surface area (Å²) in [6, 6.07) is 10.4. The predicted molar refractivity (Wildman–Crippen MR) is 78.5 cm³/mol. The Morgan fingerprint density at radius 2 is 2.20 bits per heavy atom. The minimum Gasteiger partial charge on any atom is -0.370 e. The van der Waals surface area contributed by atoms with E-state index in [2.05, 4.69) is 34.0 Å². The summed E-state index contributed by atoms with van der Waals surface area (Å²) in [5.74, 6) is 4.82. The first-order valence-electron chi connectivity index (χ1n) is 7.08. The molecule has 0 amide bonds. The molecule has 0 bridgehead atoms. The Hall–Kier alpha value is -1.65. The number of nitrogens with zero attached hydrogens (tertiary/aromatic N) is 1. The largest absolute Gasteiger partial charge is 0.370 e. The summed E-state index contributed by atoms with van der Waals surface area (Å²) in [5, 5.41) is 0. The lowest BCUT2D eigenvalue weighted by Gasteiger charge is -2.33. The minimum absolute atomic E-state index is 0.216. The van der Waals surface area contributed by atoms with Gasteiger partial charge in [0.1, 0.15) is 0 Å². The molecule has 2 rings (SSSR count). The number of piperidine rings is 1. The van der Waals surface area contributed by atoms with Gasteiger partial charge in [-0.2, -0.15) is 5.90 Å². The van der Waals surface area contributed by atoms with Crippen LogP contribution >= 0.6 is 0 Å². The van der Waals surface area contributed by atoms with Crippen molar-refractivity contribution in [3.63, 3.8) is 0 Å². The molecule has 4 heteroatoms. The van der Waals surface area contributed by atoms with Crippen LogP contribution in [0.3, 0.4) is 0 Å². The molecule has 1 aliphatic heterocycles. The van der Waals surface area contributed by atoms with Gasteiger partial charge < -0.3 is 4.84 Å². The van der Waals surface area contributed by atoms with Crippen LogP contribution < -0.4 is 5.90 Å². The smallest absolute Gasteiger partial charge is 0.352 e. The molecule has 1 unspecified atom stereocenters. The van der Waals surface area contributed by atoms with Crippen LogP contribution in [0.4, 0.5) is 0 Å². The van der Waals surface area contributed by atoms with Crippen LogP contribution in [0, 0.1) is 5.92 Å².